The Balaban J connectivity index is 1.62. The number of hydrogen-bond donors (Lipinski definition) is 0. The number of carbonyl (C=O) groups is 2. The van der Waals surface area contributed by atoms with Crippen LogP contribution in [0.1, 0.15) is 33.0 Å². The van der Waals surface area contributed by atoms with Crippen LogP contribution in [0.3, 0.4) is 0 Å². The molecule has 2 amide bonds. The molecule has 0 spiro atoms. The van der Waals surface area contributed by atoms with Crippen molar-refractivity contribution < 1.29 is 14.3 Å². The zero-order valence-electron chi connectivity index (χ0n) is 22.0. The maximum absolute atomic E-state index is 14.1. The fourth-order valence-corrected chi connectivity index (χ4v) is 5.38. The molecule has 1 heterocycles. The summed E-state index contributed by atoms with van der Waals surface area (Å²) < 4.78 is 5.34. The second-order valence-corrected chi connectivity index (χ2v) is 10.3. The Hall–Kier alpha value is -3.74. The van der Waals surface area contributed by atoms with Crippen LogP contribution >= 0.6 is 11.3 Å². The summed E-state index contributed by atoms with van der Waals surface area (Å²) in [5.74, 6) is -0.713. The molecular weight excluding hydrogens is 492 g/mol. The summed E-state index contributed by atoms with van der Waals surface area (Å²) in [7, 11) is 1.61. The molecule has 0 atom stereocenters. The number of aryl methyl sites for hydroxylation is 1. The van der Waals surface area contributed by atoms with Gasteiger partial charge in [-0.3, -0.25) is 9.59 Å². The minimum absolute atomic E-state index is 0.0182. The monoisotopic (exact) mass is 526 g/mol. The Morgan fingerprint density at radius 2 is 1.37 bits per heavy atom. The molecule has 196 valence electrons. The van der Waals surface area contributed by atoms with Gasteiger partial charge in [0.05, 0.1) is 25.6 Å². The van der Waals surface area contributed by atoms with Crippen LogP contribution in [0.25, 0.3) is 0 Å². The summed E-state index contributed by atoms with van der Waals surface area (Å²) in [5, 5.41) is 2.05. The molecule has 0 saturated heterocycles. The molecule has 0 unspecified atom stereocenters. The van der Waals surface area contributed by atoms with Crippen molar-refractivity contribution in [2.24, 2.45) is 0 Å². The third kappa shape index (κ3) is 7.18. The standard InChI is InChI=1S/C32H34N2O3S/c1-25-18-21-38-29(25)23-34(22-26-12-6-3-7-13-26)30(35)24-33(19-20-37-2)32(36)31(27-14-8-4-9-15-27)28-16-10-5-11-17-28/h3-18,21,31H,19-20,22-24H2,1-2H3. The number of amides is 2. The van der Waals surface area contributed by atoms with Gasteiger partial charge in [-0.15, -0.1) is 11.3 Å². The Morgan fingerprint density at radius 1 is 0.789 bits per heavy atom. The smallest absolute Gasteiger partial charge is 0.242 e. The van der Waals surface area contributed by atoms with Gasteiger partial charge < -0.3 is 14.5 Å². The van der Waals surface area contributed by atoms with Crippen LogP contribution in [0, 0.1) is 6.92 Å². The van der Waals surface area contributed by atoms with E-state index in [4.69, 9.17) is 4.74 Å². The van der Waals surface area contributed by atoms with Gasteiger partial charge >= 0.3 is 0 Å². The lowest BCUT2D eigenvalue weighted by Crippen LogP contribution is -2.45. The lowest BCUT2D eigenvalue weighted by atomic mass is 9.90. The van der Waals surface area contributed by atoms with Crippen LogP contribution in [0.5, 0.6) is 0 Å². The average Bonchev–Trinajstić information content (AvgIpc) is 3.36. The summed E-state index contributed by atoms with van der Waals surface area (Å²) >= 11 is 1.65. The molecule has 4 aromatic rings. The minimum Gasteiger partial charge on any atom is -0.383 e. The van der Waals surface area contributed by atoms with Crippen molar-refractivity contribution in [1.82, 2.24) is 9.80 Å². The van der Waals surface area contributed by atoms with Gasteiger partial charge in [0.1, 0.15) is 0 Å². The number of hydrogen-bond acceptors (Lipinski definition) is 4. The number of carbonyl (C=O) groups excluding carboxylic acids is 2. The molecule has 0 saturated carbocycles. The third-order valence-corrected chi connectivity index (χ3v) is 7.60. The molecule has 0 N–H and O–H groups in total. The van der Waals surface area contributed by atoms with Crippen molar-refractivity contribution in [2.45, 2.75) is 25.9 Å². The molecule has 4 rings (SSSR count). The number of nitrogens with zero attached hydrogens (tertiary/aromatic N) is 2. The van der Waals surface area contributed by atoms with Gasteiger partial charge in [-0.25, -0.2) is 0 Å². The summed E-state index contributed by atoms with van der Waals surface area (Å²) in [6.07, 6.45) is 0. The third-order valence-electron chi connectivity index (χ3n) is 6.59. The van der Waals surface area contributed by atoms with Crippen LogP contribution in [0.4, 0.5) is 0 Å². The molecular formula is C32H34N2O3S. The molecule has 38 heavy (non-hydrogen) atoms. The molecule has 0 aliphatic carbocycles. The van der Waals surface area contributed by atoms with Crippen LogP contribution in [0.2, 0.25) is 0 Å². The first-order valence-electron chi connectivity index (χ1n) is 12.8. The first-order chi connectivity index (χ1) is 18.6. The minimum atomic E-state index is -0.510. The van der Waals surface area contributed by atoms with Crippen LogP contribution in [-0.4, -0.2) is 48.4 Å². The van der Waals surface area contributed by atoms with Gasteiger partial charge in [-0.2, -0.15) is 0 Å². The average molecular weight is 527 g/mol. The van der Waals surface area contributed by atoms with Crippen LogP contribution in [-0.2, 0) is 27.4 Å². The van der Waals surface area contributed by atoms with Gasteiger partial charge in [0.2, 0.25) is 11.8 Å². The maximum Gasteiger partial charge on any atom is 0.242 e. The Bertz CT molecular complexity index is 1250. The molecule has 0 aliphatic rings. The van der Waals surface area contributed by atoms with E-state index >= 15 is 0 Å². The topological polar surface area (TPSA) is 49.9 Å². The van der Waals surface area contributed by atoms with Crippen molar-refractivity contribution in [3.05, 3.63) is 130 Å². The van der Waals surface area contributed by atoms with Crippen molar-refractivity contribution >= 4 is 23.2 Å². The number of benzene rings is 3. The van der Waals surface area contributed by atoms with E-state index in [1.807, 2.05) is 95.9 Å². The largest absolute Gasteiger partial charge is 0.383 e. The second-order valence-electron chi connectivity index (χ2n) is 9.27. The van der Waals surface area contributed by atoms with E-state index in [2.05, 4.69) is 18.4 Å². The highest BCUT2D eigenvalue weighted by molar-refractivity contribution is 7.10. The van der Waals surface area contributed by atoms with Gasteiger partial charge in [0.15, 0.2) is 0 Å². The summed E-state index contributed by atoms with van der Waals surface area (Å²) in [5.41, 5.74) is 4.01. The SMILES string of the molecule is COCCN(CC(=O)N(Cc1ccccc1)Cc1sccc1C)C(=O)C(c1ccccc1)c1ccccc1. The van der Waals surface area contributed by atoms with E-state index < -0.39 is 5.92 Å². The van der Waals surface area contributed by atoms with Gasteiger partial charge in [0, 0.05) is 25.1 Å². The van der Waals surface area contributed by atoms with Crippen molar-refractivity contribution in [3.8, 4) is 0 Å². The molecule has 5 nitrogen and oxygen atoms in total. The van der Waals surface area contributed by atoms with E-state index in [9.17, 15) is 9.59 Å². The van der Waals surface area contributed by atoms with Crippen molar-refractivity contribution in [2.75, 3.05) is 26.8 Å². The fourth-order valence-electron chi connectivity index (χ4n) is 4.46. The Kier molecular flexibility index (Phi) is 9.84. The maximum atomic E-state index is 14.1. The highest BCUT2D eigenvalue weighted by Gasteiger charge is 2.30. The molecule has 0 aliphatic heterocycles. The van der Waals surface area contributed by atoms with E-state index in [1.165, 1.54) is 5.56 Å². The predicted octanol–water partition coefficient (Wildman–Crippen LogP) is 5.89. The molecule has 0 bridgehead atoms. The number of rotatable bonds is 12. The van der Waals surface area contributed by atoms with Crippen molar-refractivity contribution in [1.29, 1.82) is 0 Å². The Morgan fingerprint density at radius 3 is 1.89 bits per heavy atom. The molecule has 1 aromatic heterocycles. The van der Waals surface area contributed by atoms with Gasteiger partial charge in [0.25, 0.3) is 0 Å². The van der Waals surface area contributed by atoms with Crippen LogP contribution in [0.15, 0.2) is 102 Å². The quantitative estimate of drug-likeness (QED) is 0.231. The molecule has 6 heteroatoms. The van der Waals surface area contributed by atoms with Crippen molar-refractivity contribution in [3.63, 3.8) is 0 Å². The zero-order chi connectivity index (χ0) is 26.7. The Labute approximate surface area is 229 Å². The second kappa shape index (κ2) is 13.7. The number of methoxy groups -OCH3 is 1. The lowest BCUT2D eigenvalue weighted by Gasteiger charge is -2.30. The van der Waals surface area contributed by atoms with Gasteiger partial charge in [-0.1, -0.05) is 91.0 Å². The normalized spacial score (nSPS) is 10.9. The fraction of sp³-hybridized carbons (Fsp3) is 0.250. The van der Waals surface area contributed by atoms with E-state index in [1.54, 1.807) is 23.3 Å². The first-order valence-corrected chi connectivity index (χ1v) is 13.7. The first kappa shape index (κ1) is 27.3. The summed E-state index contributed by atoms with van der Waals surface area (Å²) in [6, 6.07) is 31.5. The molecule has 3 aromatic carbocycles. The molecule has 0 radical (unpaired) electrons. The van der Waals surface area contributed by atoms with E-state index in [0.29, 0.717) is 26.2 Å². The van der Waals surface area contributed by atoms with Crippen LogP contribution < -0.4 is 0 Å². The number of ether oxygens (including phenoxy) is 1. The predicted molar refractivity (Wildman–Crippen MR) is 153 cm³/mol. The highest BCUT2D eigenvalue weighted by Crippen LogP contribution is 2.27. The highest BCUT2D eigenvalue weighted by atomic mass is 32.1. The summed E-state index contributed by atoms with van der Waals surface area (Å²) in [4.78, 5) is 32.6. The molecule has 0 fully saturated rings. The lowest BCUT2D eigenvalue weighted by molar-refractivity contribution is -0.142. The summed E-state index contributed by atoms with van der Waals surface area (Å²) in [6.45, 7) is 3.70. The van der Waals surface area contributed by atoms with E-state index in [-0.39, 0.29) is 18.4 Å². The zero-order valence-corrected chi connectivity index (χ0v) is 22.8. The van der Waals surface area contributed by atoms with E-state index in [0.717, 1.165) is 21.6 Å². The van der Waals surface area contributed by atoms with Gasteiger partial charge in [-0.05, 0) is 40.6 Å². The number of thiophene rings is 1.